The average Bonchev–Trinajstić information content (AvgIpc) is 2.23. The maximum absolute atomic E-state index is 11.7. The van der Waals surface area contributed by atoms with Crippen molar-refractivity contribution in [1.29, 1.82) is 0 Å². The van der Waals surface area contributed by atoms with Crippen molar-refractivity contribution in [2.45, 2.75) is 67.3 Å². The highest BCUT2D eigenvalue weighted by molar-refractivity contribution is 5.81. The Balaban J connectivity index is 5.14. The molecule has 0 aromatic carbocycles. The molecule has 0 saturated heterocycles. The number of ketones is 1. The zero-order valence-electron chi connectivity index (χ0n) is 14.3. The van der Waals surface area contributed by atoms with E-state index in [0.717, 1.165) is 6.42 Å². The first-order valence-electron chi connectivity index (χ1n) is 7.18. The van der Waals surface area contributed by atoms with Gasteiger partial charge in [0.1, 0.15) is 5.78 Å². The summed E-state index contributed by atoms with van der Waals surface area (Å²) in [5.74, 6) is -0.627. The van der Waals surface area contributed by atoms with E-state index >= 15 is 0 Å². The zero-order chi connectivity index (χ0) is 16.4. The van der Waals surface area contributed by atoms with Gasteiger partial charge in [-0.15, -0.1) is 0 Å². The molecule has 0 fully saturated rings. The largest absolute Gasteiger partial charge is 0.481 e. The molecule has 1 atom stereocenters. The second kappa shape index (κ2) is 6.25. The predicted octanol–water partition coefficient (Wildman–Crippen LogP) is 3.11. The van der Waals surface area contributed by atoms with Gasteiger partial charge in [-0.1, -0.05) is 27.7 Å². The molecule has 0 spiro atoms. The molecule has 118 valence electrons. The van der Waals surface area contributed by atoms with E-state index in [2.05, 4.69) is 19.2 Å². The highest BCUT2D eigenvalue weighted by Crippen LogP contribution is 2.40. The van der Waals surface area contributed by atoms with Gasteiger partial charge >= 0.3 is 5.97 Å². The lowest BCUT2D eigenvalue weighted by atomic mass is 9.66. The van der Waals surface area contributed by atoms with Gasteiger partial charge in [0, 0.05) is 11.5 Å². The standard InChI is InChI=1S/C16H31NO3/c1-11(18)15(4,5)10-16(6,7)12(17-8)9-14(2,3)13(19)20/h12,17H,9-10H2,1-8H3,(H,19,20). The van der Waals surface area contributed by atoms with Crippen LogP contribution in [0.4, 0.5) is 0 Å². The molecule has 0 saturated carbocycles. The highest BCUT2D eigenvalue weighted by Gasteiger charge is 2.41. The number of hydrogen-bond donors (Lipinski definition) is 2. The Morgan fingerprint density at radius 2 is 1.50 bits per heavy atom. The molecule has 2 N–H and O–H groups in total. The quantitative estimate of drug-likeness (QED) is 0.719. The number of hydrogen-bond acceptors (Lipinski definition) is 3. The Hall–Kier alpha value is -0.900. The maximum atomic E-state index is 11.7. The molecule has 0 radical (unpaired) electrons. The van der Waals surface area contributed by atoms with Crippen LogP contribution in [0, 0.1) is 16.2 Å². The fourth-order valence-corrected chi connectivity index (χ4v) is 2.75. The summed E-state index contributed by atoms with van der Waals surface area (Å²) in [5.41, 5.74) is -1.35. The summed E-state index contributed by atoms with van der Waals surface area (Å²) in [6, 6.07) is 0.0345. The molecule has 0 bridgehead atoms. The fourth-order valence-electron chi connectivity index (χ4n) is 2.75. The maximum Gasteiger partial charge on any atom is 0.309 e. The Morgan fingerprint density at radius 1 is 1.05 bits per heavy atom. The third kappa shape index (κ3) is 4.89. The monoisotopic (exact) mass is 285 g/mol. The van der Waals surface area contributed by atoms with Crippen LogP contribution in [0.5, 0.6) is 0 Å². The van der Waals surface area contributed by atoms with Crippen molar-refractivity contribution in [3.05, 3.63) is 0 Å². The van der Waals surface area contributed by atoms with Crippen LogP contribution in [0.2, 0.25) is 0 Å². The van der Waals surface area contributed by atoms with E-state index in [-0.39, 0.29) is 17.2 Å². The summed E-state index contributed by atoms with van der Waals surface area (Å²) >= 11 is 0. The molecular weight excluding hydrogens is 254 g/mol. The molecule has 4 heteroatoms. The second-order valence-electron chi connectivity index (χ2n) is 7.84. The molecule has 0 amide bonds. The van der Waals surface area contributed by atoms with Gasteiger partial charge in [-0.25, -0.2) is 0 Å². The number of carboxylic acid groups (broad SMARTS) is 1. The molecule has 0 aliphatic rings. The van der Waals surface area contributed by atoms with Gasteiger partial charge in [-0.2, -0.15) is 0 Å². The molecule has 4 nitrogen and oxygen atoms in total. The fraction of sp³-hybridized carbons (Fsp3) is 0.875. The molecule has 0 aliphatic carbocycles. The van der Waals surface area contributed by atoms with Crippen LogP contribution in [0.1, 0.15) is 61.3 Å². The lowest BCUT2D eigenvalue weighted by molar-refractivity contribution is -0.148. The summed E-state index contributed by atoms with van der Waals surface area (Å²) in [6.45, 7) is 13.2. The van der Waals surface area contributed by atoms with Gasteiger partial charge in [-0.3, -0.25) is 9.59 Å². The smallest absolute Gasteiger partial charge is 0.309 e. The SMILES string of the molecule is CNC(CC(C)(C)C(=O)O)C(C)(C)CC(C)(C)C(C)=O. The number of carbonyl (C=O) groups excluding carboxylic acids is 1. The average molecular weight is 285 g/mol. The number of nitrogens with one attached hydrogen (secondary N) is 1. The summed E-state index contributed by atoms with van der Waals surface area (Å²) in [7, 11) is 1.85. The van der Waals surface area contributed by atoms with Gasteiger partial charge in [0.2, 0.25) is 0 Å². The van der Waals surface area contributed by atoms with Crippen molar-refractivity contribution in [2.24, 2.45) is 16.2 Å². The minimum absolute atomic E-state index is 0.0345. The lowest BCUT2D eigenvalue weighted by Gasteiger charge is -2.41. The van der Waals surface area contributed by atoms with Gasteiger partial charge in [0.05, 0.1) is 5.41 Å². The van der Waals surface area contributed by atoms with E-state index in [1.54, 1.807) is 20.8 Å². The Kier molecular flexibility index (Phi) is 5.97. The summed E-state index contributed by atoms with van der Waals surface area (Å²) in [6.07, 6.45) is 1.25. The van der Waals surface area contributed by atoms with Crippen LogP contribution >= 0.6 is 0 Å². The van der Waals surface area contributed by atoms with E-state index < -0.39 is 16.8 Å². The first-order chi connectivity index (χ1) is 8.76. The molecule has 20 heavy (non-hydrogen) atoms. The molecule has 0 aromatic rings. The normalized spacial score (nSPS) is 15.0. The second-order valence-corrected chi connectivity index (χ2v) is 7.84. The molecule has 0 heterocycles. The van der Waals surface area contributed by atoms with Crippen LogP contribution in [0.15, 0.2) is 0 Å². The van der Waals surface area contributed by atoms with E-state index in [1.165, 1.54) is 0 Å². The van der Waals surface area contributed by atoms with Crippen molar-refractivity contribution in [1.82, 2.24) is 5.32 Å². The molecule has 0 aliphatic heterocycles. The number of Topliss-reactive ketones (excluding diaryl/α,β-unsaturated/α-hetero) is 1. The van der Waals surface area contributed by atoms with E-state index in [1.807, 2.05) is 20.9 Å². The predicted molar refractivity (Wildman–Crippen MR) is 81.7 cm³/mol. The topological polar surface area (TPSA) is 66.4 Å². The third-order valence-electron chi connectivity index (χ3n) is 4.44. The molecular formula is C16H31NO3. The van der Waals surface area contributed by atoms with Gasteiger partial charge < -0.3 is 10.4 Å². The van der Waals surface area contributed by atoms with Crippen LogP contribution < -0.4 is 5.32 Å². The van der Waals surface area contributed by atoms with Crippen LogP contribution in [-0.2, 0) is 9.59 Å². The first kappa shape index (κ1) is 19.1. The van der Waals surface area contributed by atoms with Crippen LogP contribution in [0.25, 0.3) is 0 Å². The Bertz CT molecular complexity index is 370. The van der Waals surface area contributed by atoms with Gasteiger partial charge in [-0.05, 0) is 46.1 Å². The third-order valence-corrected chi connectivity index (χ3v) is 4.44. The van der Waals surface area contributed by atoms with Crippen molar-refractivity contribution in [3.8, 4) is 0 Å². The van der Waals surface area contributed by atoms with E-state index in [4.69, 9.17) is 0 Å². The van der Waals surface area contributed by atoms with Gasteiger partial charge in [0.25, 0.3) is 0 Å². The van der Waals surface area contributed by atoms with Crippen molar-refractivity contribution < 1.29 is 14.7 Å². The van der Waals surface area contributed by atoms with Gasteiger partial charge in [0.15, 0.2) is 0 Å². The molecule has 1 unspecified atom stereocenters. The number of carbonyl (C=O) groups is 2. The summed E-state index contributed by atoms with van der Waals surface area (Å²) in [4.78, 5) is 23.0. The van der Waals surface area contributed by atoms with Crippen molar-refractivity contribution in [3.63, 3.8) is 0 Å². The summed E-state index contributed by atoms with van der Waals surface area (Å²) < 4.78 is 0. The number of aliphatic carboxylic acids is 1. The molecule has 0 aromatic heterocycles. The van der Waals surface area contributed by atoms with E-state index in [0.29, 0.717) is 6.42 Å². The minimum atomic E-state index is -0.792. The Labute approximate surface area is 123 Å². The highest BCUT2D eigenvalue weighted by atomic mass is 16.4. The lowest BCUT2D eigenvalue weighted by Crippen LogP contribution is -2.47. The van der Waals surface area contributed by atoms with Crippen LogP contribution in [0.3, 0.4) is 0 Å². The Morgan fingerprint density at radius 3 is 1.80 bits per heavy atom. The van der Waals surface area contributed by atoms with Crippen molar-refractivity contribution >= 4 is 11.8 Å². The van der Waals surface area contributed by atoms with E-state index in [9.17, 15) is 14.7 Å². The number of carboxylic acids is 1. The van der Waals surface area contributed by atoms with Crippen molar-refractivity contribution in [2.75, 3.05) is 7.05 Å². The van der Waals surface area contributed by atoms with Crippen LogP contribution in [-0.4, -0.2) is 29.9 Å². The molecule has 0 rings (SSSR count). The summed E-state index contributed by atoms with van der Waals surface area (Å²) in [5, 5.41) is 12.5. The zero-order valence-corrected chi connectivity index (χ0v) is 14.3. The minimum Gasteiger partial charge on any atom is -0.481 e. The number of rotatable bonds is 8. The first-order valence-corrected chi connectivity index (χ1v) is 7.18.